The normalized spacial score (nSPS) is 12.7. The van der Waals surface area contributed by atoms with Gasteiger partial charge in [0.05, 0.1) is 33.1 Å². The van der Waals surface area contributed by atoms with Crippen molar-refractivity contribution in [1.82, 2.24) is 9.13 Å². The largest absolute Gasteiger partial charge is 0.497 e. The maximum atomic E-state index is 13.6. The number of ether oxygens (including phenoxy) is 2. The van der Waals surface area contributed by atoms with Crippen molar-refractivity contribution < 1.29 is 24.5 Å². The van der Waals surface area contributed by atoms with Gasteiger partial charge in [0.2, 0.25) is 0 Å². The number of carboxylic acid groups (broad SMARTS) is 1. The van der Waals surface area contributed by atoms with E-state index in [0.29, 0.717) is 17.9 Å². The van der Waals surface area contributed by atoms with Crippen molar-refractivity contribution in [2.75, 3.05) is 14.2 Å². The van der Waals surface area contributed by atoms with Crippen LogP contribution < -0.4 is 15.0 Å². The highest BCUT2D eigenvalue weighted by Crippen LogP contribution is 2.37. The van der Waals surface area contributed by atoms with Crippen molar-refractivity contribution in [2.24, 2.45) is 7.05 Å². The number of aryl methyl sites for hydroxylation is 3. The number of aromatic nitrogens is 2. The number of pyridine rings is 1. The van der Waals surface area contributed by atoms with Crippen molar-refractivity contribution in [1.29, 1.82) is 0 Å². The van der Waals surface area contributed by atoms with Crippen LogP contribution in [-0.2, 0) is 33.0 Å². The number of hydrogen-bond acceptors (Lipinski definition) is 5. The summed E-state index contributed by atoms with van der Waals surface area (Å²) in [6.45, 7) is 0.0694. The maximum absolute atomic E-state index is 13.6. The van der Waals surface area contributed by atoms with Gasteiger partial charge < -0.3 is 28.8 Å². The number of methoxy groups -OCH3 is 2. The Kier molecular flexibility index (Phi) is 6.05. The highest BCUT2D eigenvalue weighted by Gasteiger charge is 2.25. The molecule has 1 aliphatic rings. The molecule has 36 heavy (non-hydrogen) atoms. The molecular formula is C28H28N2O6. The average molecular weight is 489 g/mol. The van der Waals surface area contributed by atoms with Crippen LogP contribution in [0.25, 0.3) is 22.2 Å². The third kappa shape index (κ3) is 3.83. The van der Waals surface area contributed by atoms with Crippen LogP contribution in [0.2, 0.25) is 0 Å². The molecule has 0 fully saturated rings. The molecule has 0 unspecified atom stereocenters. The zero-order valence-corrected chi connectivity index (χ0v) is 20.5. The number of benzene rings is 2. The van der Waals surface area contributed by atoms with E-state index >= 15 is 0 Å². The SMILES string of the molecule is COc1ccc(Cn2c3c(cc(C(=O)O)c2=O)CCCc2cc4c(cc2-3)cc(CO)n4C)c(OC)c1. The second-order valence-corrected chi connectivity index (χ2v) is 9.08. The van der Waals surface area contributed by atoms with E-state index < -0.39 is 11.5 Å². The van der Waals surface area contributed by atoms with E-state index in [4.69, 9.17) is 9.47 Å². The van der Waals surface area contributed by atoms with Crippen LogP contribution in [0, 0.1) is 0 Å². The zero-order valence-electron chi connectivity index (χ0n) is 20.5. The molecule has 2 aromatic heterocycles. The molecule has 0 spiro atoms. The van der Waals surface area contributed by atoms with E-state index in [-0.39, 0.29) is 18.7 Å². The topological polar surface area (TPSA) is 103 Å². The van der Waals surface area contributed by atoms with Gasteiger partial charge in [-0.05, 0) is 66.8 Å². The molecule has 0 atom stereocenters. The number of carboxylic acids is 1. The Morgan fingerprint density at radius 1 is 1.03 bits per heavy atom. The van der Waals surface area contributed by atoms with Crippen molar-refractivity contribution in [3.63, 3.8) is 0 Å². The summed E-state index contributed by atoms with van der Waals surface area (Å²) < 4.78 is 14.4. The molecule has 0 bridgehead atoms. The number of aliphatic hydroxyl groups is 1. The van der Waals surface area contributed by atoms with E-state index in [0.717, 1.165) is 57.4 Å². The number of hydrogen-bond donors (Lipinski definition) is 2. The minimum atomic E-state index is -1.24. The zero-order chi connectivity index (χ0) is 25.6. The molecule has 5 rings (SSSR count). The third-order valence-electron chi connectivity index (χ3n) is 7.10. The van der Waals surface area contributed by atoms with Crippen molar-refractivity contribution in [3.8, 4) is 22.8 Å². The van der Waals surface area contributed by atoms with E-state index in [1.165, 1.54) is 6.07 Å². The van der Waals surface area contributed by atoms with E-state index in [9.17, 15) is 19.8 Å². The van der Waals surface area contributed by atoms with Gasteiger partial charge in [0.25, 0.3) is 5.56 Å². The van der Waals surface area contributed by atoms with E-state index in [2.05, 4.69) is 12.1 Å². The molecule has 2 heterocycles. The number of nitrogens with zero attached hydrogens (tertiary/aromatic N) is 2. The van der Waals surface area contributed by atoms with Crippen molar-refractivity contribution >= 4 is 16.9 Å². The molecule has 8 nitrogen and oxygen atoms in total. The third-order valence-corrected chi connectivity index (χ3v) is 7.10. The lowest BCUT2D eigenvalue weighted by Crippen LogP contribution is -2.29. The molecule has 186 valence electrons. The van der Waals surface area contributed by atoms with Crippen LogP contribution in [-0.4, -0.2) is 39.5 Å². The highest BCUT2D eigenvalue weighted by molar-refractivity contribution is 5.91. The van der Waals surface area contributed by atoms with Crippen LogP contribution in [0.1, 0.15) is 39.2 Å². The summed E-state index contributed by atoms with van der Waals surface area (Å²) in [7, 11) is 5.05. The molecule has 0 saturated heterocycles. The number of aliphatic hydroxyl groups excluding tert-OH is 1. The van der Waals surface area contributed by atoms with Gasteiger partial charge in [-0.1, -0.05) is 0 Å². The van der Waals surface area contributed by atoms with Crippen molar-refractivity contribution in [3.05, 3.63) is 80.8 Å². The predicted molar refractivity (Wildman–Crippen MR) is 136 cm³/mol. The van der Waals surface area contributed by atoms with E-state index in [1.54, 1.807) is 30.9 Å². The number of carbonyl (C=O) groups is 1. The molecule has 0 saturated carbocycles. The highest BCUT2D eigenvalue weighted by atomic mass is 16.5. The fraction of sp³-hybridized carbons (Fsp3) is 0.286. The van der Waals surface area contributed by atoms with E-state index in [1.807, 2.05) is 23.7 Å². The Hall–Kier alpha value is -4.04. The molecule has 8 heteroatoms. The van der Waals surface area contributed by atoms with Crippen LogP contribution in [0.5, 0.6) is 11.5 Å². The first kappa shape index (κ1) is 23.7. The van der Waals surface area contributed by atoms with Gasteiger partial charge in [0, 0.05) is 40.8 Å². The summed E-state index contributed by atoms with van der Waals surface area (Å²) in [5.41, 5.74) is 5.30. The molecule has 0 radical (unpaired) electrons. The Balaban J connectivity index is 1.79. The average Bonchev–Trinajstić information content (AvgIpc) is 3.07. The molecule has 1 aliphatic carbocycles. The fourth-order valence-corrected chi connectivity index (χ4v) is 5.22. The number of aromatic carboxylic acids is 1. The van der Waals surface area contributed by atoms with Gasteiger partial charge >= 0.3 is 5.97 Å². The minimum Gasteiger partial charge on any atom is -0.497 e. The van der Waals surface area contributed by atoms with Gasteiger partial charge in [-0.15, -0.1) is 0 Å². The van der Waals surface area contributed by atoms with Crippen LogP contribution in [0.4, 0.5) is 0 Å². The Morgan fingerprint density at radius 2 is 1.81 bits per heavy atom. The molecule has 0 aliphatic heterocycles. The summed E-state index contributed by atoms with van der Waals surface area (Å²) in [6, 6.07) is 13.0. The van der Waals surface area contributed by atoms with Crippen molar-refractivity contribution in [2.45, 2.75) is 32.4 Å². The first-order valence-electron chi connectivity index (χ1n) is 11.8. The summed E-state index contributed by atoms with van der Waals surface area (Å²) in [5.74, 6) is -0.0675. The lowest BCUT2D eigenvalue weighted by atomic mass is 9.97. The second kappa shape index (κ2) is 9.20. The minimum absolute atomic E-state index is 0.0730. The molecule has 4 aromatic rings. The predicted octanol–water partition coefficient (Wildman–Crippen LogP) is 3.75. The summed E-state index contributed by atoms with van der Waals surface area (Å²) in [4.78, 5) is 25.6. The lowest BCUT2D eigenvalue weighted by Gasteiger charge is -2.20. The molecule has 2 N–H and O–H groups in total. The van der Waals surface area contributed by atoms with Gasteiger partial charge in [0.15, 0.2) is 0 Å². The van der Waals surface area contributed by atoms with Crippen LogP contribution in [0.3, 0.4) is 0 Å². The number of rotatable bonds is 6. The second-order valence-electron chi connectivity index (χ2n) is 9.08. The Morgan fingerprint density at radius 3 is 2.50 bits per heavy atom. The maximum Gasteiger partial charge on any atom is 0.341 e. The van der Waals surface area contributed by atoms with Gasteiger partial charge in [-0.3, -0.25) is 4.79 Å². The van der Waals surface area contributed by atoms with Gasteiger partial charge in [-0.2, -0.15) is 0 Å². The number of fused-ring (bicyclic) bond motifs is 4. The summed E-state index contributed by atoms with van der Waals surface area (Å²) in [6.07, 6.45) is 2.27. The standard InChI is InChI=1S/C28H28N2O6/c1-29-20(15-31)9-19-11-22-16(12-24(19)29)5-4-6-17-10-23(28(33)34)27(32)30(26(17)22)14-18-7-8-21(35-2)13-25(18)36-3/h7-13,31H,4-6,14-15H2,1-3H3,(H,33,34). The van der Waals surface area contributed by atoms with Crippen LogP contribution >= 0.6 is 0 Å². The summed E-state index contributed by atoms with van der Waals surface area (Å²) in [5, 5.41) is 20.5. The Labute approximate surface area is 207 Å². The smallest absolute Gasteiger partial charge is 0.341 e. The first-order valence-corrected chi connectivity index (χ1v) is 11.8. The molecule has 2 aromatic carbocycles. The Bertz CT molecular complexity index is 1560. The van der Waals surface area contributed by atoms with Gasteiger partial charge in [0.1, 0.15) is 17.1 Å². The fourth-order valence-electron chi connectivity index (χ4n) is 5.22. The molecule has 0 amide bonds. The quantitative estimate of drug-likeness (QED) is 0.429. The molecular weight excluding hydrogens is 460 g/mol. The van der Waals surface area contributed by atoms with Gasteiger partial charge in [-0.25, -0.2) is 4.79 Å². The lowest BCUT2D eigenvalue weighted by molar-refractivity contribution is 0.0694. The summed E-state index contributed by atoms with van der Waals surface area (Å²) >= 11 is 0. The monoisotopic (exact) mass is 488 g/mol. The first-order chi connectivity index (χ1) is 17.4. The van der Waals surface area contributed by atoms with Crippen LogP contribution in [0.15, 0.2) is 47.3 Å².